The van der Waals surface area contributed by atoms with Crippen molar-refractivity contribution in [2.24, 2.45) is 0 Å². The van der Waals surface area contributed by atoms with E-state index in [0.29, 0.717) is 16.5 Å². The van der Waals surface area contributed by atoms with Crippen LogP contribution in [0.2, 0.25) is 0 Å². The first kappa shape index (κ1) is 12.4. The molecule has 1 aliphatic carbocycles. The molecule has 0 unspecified atom stereocenters. The minimum Gasteiger partial charge on any atom is -0.206 e. The van der Waals surface area contributed by atoms with E-state index in [-0.39, 0.29) is 11.6 Å². The molecule has 0 N–H and O–H groups in total. The molecule has 0 amide bonds. The molecule has 0 aromatic heterocycles. The van der Waals surface area contributed by atoms with E-state index in [4.69, 9.17) is 0 Å². The van der Waals surface area contributed by atoms with Crippen molar-refractivity contribution in [2.45, 2.75) is 0 Å². The van der Waals surface area contributed by atoms with Gasteiger partial charge in [0, 0.05) is 27.3 Å². The molecular weight excluding hydrogens is 302 g/mol. The fraction of sp³-hybridized carbons (Fsp3) is 0. The summed E-state index contributed by atoms with van der Waals surface area (Å²) in [7, 11) is 0. The Bertz CT molecular complexity index is 1310. The number of halogens is 2. The summed E-state index contributed by atoms with van der Waals surface area (Å²) >= 11 is 0. The molecule has 0 heterocycles. The molecule has 1 aliphatic rings. The highest BCUT2D eigenvalue weighted by molar-refractivity contribution is 6.32. The van der Waals surface area contributed by atoms with Gasteiger partial charge in [-0.15, -0.1) is 0 Å². The van der Waals surface area contributed by atoms with Gasteiger partial charge in [-0.1, -0.05) is 54.6 Å². The van der Waals surface area contributed by atoms with Crippen molar-refractivity contribution in [3.05, 3.63) is 72.3 Å². The van der Waals surface area contributed by atoms with Crippen molar-refractivity contribution in [3.8, 4) is 22.3 Å². The maximum absolute atomic E-state index is 15.4. The summed E-state index contributed by atoms with van der Waals surface area (Å²) < 4.78 is 30.0. The highest BCUT2D eigenvalue weighted by Crippen LogP contribution is 2.53. The lowest BCUT2D eigenvalue weighted by atomic mass is 9.90. The van der Waals surface area contributed by atoms with Crippen LogP contribution in [0, 0.1) is 11.6 Å². The monoisotopic (exact) mass is 312 g/mol. The number of hydrogen-bond donors (Lipinski definition) is 0. The second-order valence-electron chi connectivity index (χ2n) is 6.41. The molecule has 24 heavy (non-hydrogen) atoms. The summed E-state index contributed by atoms with van der Waals surface area (Å²) in [6.45, 7) is 0. The van der Waals surface area contributed by atoms with Gasteiger partial charge < -0.3 is 0 Å². The average Bonchev–Trinajstić information content (AvgIpc) is 2.96. The SMILES string of the molecule is Fc1cccc2c1-c1c(F)c3cccc4ccc5ccc-2c1c5c43. The molecule has 0 spiro atoms. The zero-order valence-corrected chi connectivity index (χ0v) is 12.5. The molecular formula is C22H10F2. The van der Waals surface area contributed by atoms with Gasteiger partial charge in [0.1, 0.15) is 11.6 Å². The van der Waals surface area contributed by atoms with Crippen molar-refractivity contribution in [2.75, 3.05) is 0 Å². The molecule has 0 saturated heterocycles. The van der Waals surface area contributed by atoms with Crippen LogP contribution in [0.5, 0.6) is 0 Å². The van der Waals surface area contributed by atoms with Crippen LogP contribution in [-0.2, 0) is 0 Å². The summed E-state index contributed by atoms with van der Waals surface area (Å²) in [5, 5.41) is 5.45. The number of fused-ring (bicyclic) bond motifs is 3. The van der Waals surface area contributed by atoms with E-state index >= 15 is 4.39 Å². The van der Waals surface area contributed by atoms with Gasteiger partial charge in [0.15, 0.2) is 0 Å². The molecule has 2 heteroatoms. The lowest BCUT2D eigenvalue weighted by Gasteiger charge is -2.14. The van der Waals surface area contributed by atoms with E-state index < -0.39 is 0 Å². The third-order valence-electron chi connectivity index (χ3n) is 5.29. The van der Waals surface area contributed by atoms with Gasteiger partial charge in [-0.2, -0.15) is 0 Å². The Morgan fingerprint density at radius 2 is 1.29 bits per heavy atom. The smallest absolute Gasteiger partial charge is 0.139 e. The van der Waals surface area contributed by atoms with Crippen LogP contribution in [-0.4, -0.2) is 0 Å². The molecule has 6 rings (SSSR count). The molecule has 0 bridgehead atoms. The Balaban J connectivity index is 2.05. The van der Waals surface area contributed by atoms with Crippen molar-refractivity contribution < 1.29 is 8.78 Å². The van der Waals surface area contributed by atoms with E-state index in [1.165, 1.54) is 6.07 Å². The second kappa shape index (κ2) is 3.90. The van der Waals surface area contributed by atoms with Gasteiger partial charge in [0.05, 0.1) is 0 Å². The lowest BCUT2D eigenvalue weighted by Crippen LogP contribution is -1.91. The molecule has 5 aromatic carbocycles. The van der Waals surface area contributed by atoms with Gasteiger partial charge in [-0.05, 0) is 33.4 Å². The van der Waals surface area contributed by atoms with Gasteiger partial charge in [0.25, 0.3) is 0 Å². The molecule has 0 saturated carbocycles. The van der Waals surface area contributed by atoms with Crippen molar-refractivity contribution in [1.82, 2.24) is 0 Å². The molecule has 5 aromatic rings. The standard InChI is InChI=1S/C22H10F2/c23-16-6-2-4-13-14-10-9-12-8-7-11-3-1-5-15-17(11)18(12)20(14)21(19(13)16)22(15)24/h1-10H. The van der Waals surface area contributed by atoms with Crippen molar-refractivity contribution >= 4 is 32.3 Å². The summed E-state index contributed by atoms with van der Waals surface area (Å²) in [5.74, 6) is -0.689. The van der Waals surface area contributed by atoms with Crippen LogP contribution in [0.25, 0.3) is 54.6 Å². The Kier molecular flexibility index (Phi) is 2.02. The Labute approximate surface area is 136 Å². The van der Waals surface area contributed by atoms with Crippen LogP contribution in [0.1, 0.15) is 0 Å². The zero-order valence-electron chi connectivity index (χ0n) is 12.5. The average molecular weight is 312 g/mol. The van der Waals surface area contributed by atoms with E-state index in [9.17, 15) is 4.39 Å². The maximum atomic E-state index is 15.4. The first-order valence-corrected chi connectivity index (χ1v) is 7.94. The second-order valence-corrected chi connectivity index (χ2v) is 6.41. The fourth-order valence-corrected chi connectivity index (χ4v) is 4.34. The normalized spacial score (nSPS) is 12.6. The number of benzene rings is 5. The minimum absolute atomic E-state index is 0.322. The molecule has 0 fully saturated rings. The predicted molar refractivity (Wildman–Crippen MR) is 94.5 cm³/mol. The number of rotatable bonds is 0. The molecule has 0 atom stereocenters. The summed E-state index contributed by atoms with van der Waals surface area (Å²) in [6, 6.07) is 18.7. The quantitative estimate of drug-likeness (QED) is 0.280. The predicted octanol–water partition coefficient (Wildman–Crippen LogP) is 6.51. The first-order chi connectivity index (χ1) is 11.8. The van der Waals surface area contributed by atoms with Gasteiger partial charge >= 0.3 is 0 Å². The van der Waals surface area contributed by atoms with Crippen LogP contribution in [0.4, 0.5) is 8.78 Å². The van der Waals surface area contributed by atoms with Crippen LogP contribution in [0.15, 0.2) is 60.7 Å². The molecule has 0 aliphatic heterocycles. The zero-order chi connectivity index (χ0) is 16.0. The summed E-state index contributed by atoms with van der Waals surface area (Å²) in [6.07, 6.45) is 0. The van der Waals surface area contributed by atoms with Crippen LogP contribution >= 0.6 is 0 Å². The largest absolute Gasteiger partial charge is 0.206 e. The Morgan fingerprint density at radius 1 is 0.542 bits per heavy atom. The van der Waals surface area contributed by atoms with E-state index in [0.717, 1.165) is 38.1 Å². The third kappa shape index (κ3) is 1.22. The minimum atomic E-state index is -0.367. The van der Waals surface area contributed by atoms with Crippen LogP contribution in [0.3, 0.4) is 0 Å². The Morgan fingerprint density at radius 3 is 2.17 bits per heavy atom. The van der Waals surface area contributed by atoms with E-state index in [1.807, 2.05) is 36.4 Å². The maximum Gasteiger partial charge on any atom is 0.139 e. The van der Waals surface area contributed by atoms with Gasteiger partial charge in [-0.25, -0.2) is 8.78 Å². The highest BCUT2D eigenvalue weighted by atomic mass is 19.1. The van der Waals surface area contributed by atoms with Crippen molar-refractivity contribution in [3.63, 3.8) is 0 Å². The number of hydrogen-bond acceptors (Lipinski definition) is 0. The molecule has 112 valence electrons. The lowest BCUT2D eigenvalue weighted by molar-refractivity contribution is 0.623. The summed E-state index contributed by atoms with van der Waals surface area (Å²) in [4.78, 5) is 0. The fourth-order valence-electron chi connectivity index (χ4n) is 4.34. The first-order valence-electron chi connectivity index (χ1n) is 7.94. The molecule has 0 radical (unpaired) electrons. The van der Waals surface area contributed by atoms with Crippen molar-refractivity contribution in [1.29, 1.82) is 0 Å². The van der Waals surface area contributed by atoms with E-state index in [2.05, 4.69) is 6.07 Å². The highest BCUT2D eigenvalue weighted by Gasteiger charge is 2.30. The summed E-state index contributed by atoms with van der Waals surface area (Å²) in [5.41, 5.74) is 2.50. The van der Waals surface area contributed by atoms with Gasteiger partial charge in [-0.3, -0.25) is 0 Å². The van der Waals surface area contributed by atoms with Gasteiger partial charge in [0.2, 0.25) is 0 Å². The molecule has 0 nitrogen and oxygen atoms in total. The Hall–Kier alpha value is -3.00. The van der Waals surface area contributed by atoms with E-state index in [1.54, 1.807) is 12.1 Å². The van der Waals surface area contributed by atoms with Crippen LogP contribution < -0.4 is 0 Å². The third-order valence-corrected chi connectivity index (χ3v) is 5.29. The topological polar surface area (TPSA) is 0 Å².